The first kappa shape index (κ1) is 7.53. The van der Waals surface area contributed by atoms with E-state index in [-0.39, 0.29) is 0 Å². The molecule has 0 spiro atoms. The van der Waals surface area contributed by atoms with Crippen LogP contribution in [-0.2, 0) is 4.74 Å². The zero-order chi connectivity index (χ0) is 8.10. The Morgan fingerprint density at radius 3 is 2.73 bits per heavy atom. The van der Waals surface area contributed by atoms with Gasteiger partial charge in [-0.3, -0.25) is 10.3 Å². The van der Waals surface area contributed by atoms with Crippen LogP contribution in [0, 0.1) is 7.11 Å². The molecule has 1 amide bonds. The number of nitrogens with one attached hydrogen (secondary N) is 1. The van der Waals surface area contributed by atoms with Crippen molar-refractivity contribution >= 4 is 11.8 Å². The monoisotopic (exact) mass is 151 g/mol. The second-order valence-electron chi connectivity index (χ2n) is 1.79. The Hall–Kier alpha value is -1.58. The third-order valence-corrected chi connectivity index (χ3v) is 1.06. The summed E-state index contributed by atoms with van der Waals surface area (Å²) in [5.74, 6) is 0. The Morgan fingerprint density at radius 1 is 1.55 bits per heavy atom. The highest BCUT2D eigenvalue weighted by atomic mass is 16.5. The molecule has 1 N–H and O–H groups in total. The van der Waals surface area contributed by atoms with Crippen LogP contribution in [0.25, 0.3) is 0 Å². The maximum atomic E-state index is 10.6. The van der Waals surface area contributed by atoms with Gasteiger partial charge >= 0.3 is 6.09 Å². The molecule has 4 heteroatoms. The Bertz CT molecular complexity index is 235. The average Bonchev–Trinajstić information content (AvgIpc) is 2.06. The maximum absolute atomic E-state index is 10.6. The number of aromatic nitrogens is 1. The van der Waals surface area contributed by atoms with Gasteiger partial charge in [-0.15, -0.1) is 0 Å². The summed E-state index contributed by atoms with van der Waals surface area (Å²) in [6, 6.07) is 3.30. The van der Waals surface area contributed by atoms with Crippen molar-refractivity contribution in [1.82, 2.24) is 4.98 Å². The summed E-state index contributed by atoms with van der Waals surface area (Å²) in [5.41, 5.74) is 0.633. The van der Waals surface area contributed by atoms with E-state index in [2.05, 4.69) is 22.1 Å². The molecule has 0 fully saturated rings. The van der Waals surface area contributed by atoms with Crippen LogP contribution in [0.15, 0.2) is 24.5 Å². The predicted molar refractivity (Wildman–Crippen MR) is 39.7 cm³/mol. The van der Waals surface area contributed by atoms with Crippen LogP contribution in [0.5, 0.6) is 0 Å². The fourth-order valence-electron chi connectivity index (χ4n) is 0.589. The van der Waals surface area contributed by atoms with Crippen LogP contribution in [0.3, 0.4) is 0 Å². The smallest absolute Gasteiger partial charge is 0.411 e. The lowest BCUT2D eigenvalue weighted by molar-refractivity contribution is 0.199. The molecule has 1 heterocycles. The summed E-state index contributed by atoms with van der Waals surface area (Å²) in [6.45, 7) is 0. The molecule has 0 aliphatic heterocycles. The zero-order valence-electron chi connectivity index (χ0n) is 5.78. The Balaban J connectivity index is 2.58. The number of hydrogen-bond acceptors (Lipinski definition) is 3. The van der Waals surface area contributed by atoms with Crippen molar-refractivity contribution < 1.29 is 9.53 Å². The van der Waals surface area contributed by atoms with Gasteiger partial charge in [0.15, 0.2) is 0 Å². The molecule has 1 aromatic rings. The molecule has 0 saturated heterocycles. The summed E-state index contributed by atoms with van der Waals surface area (Å²) in [7, 11) is 2.95. The van der Waals surface area contributed by atoms with Gasteiger partial charge in [0.1, 0.15) is 7.11 Å². The van der Waals surface area contributed by atoms with Gasteiger partial charge < -0.3 is 4.74 Å². The van der Waals surface area contributed by atoms with Gasteiger partial charge in [-0.05, 0) is 12.1 Å². The first-order chi connectivity index (χ1) is 5.33. The van der Waals surface area contributed by atoms with Crippen LogP contribution in [0.2, 0.25) is 0 Å². The van der Waals surface area contributed by atoms with Gasteiger partial charge in [0.05, 0.1) is 0 Å². The van der Waals surface area contributed by atoms with Crippen molar-refractivity contribution in [1.29, 1.82) is 0 Å². The van der Waals surface area contributed by atoms with E-state index >= 15 is 0 Å². The lowest BCUT2D eigenvalue weighted by Gasteiger charge is -2.00. The topological polar surface area (TPSA) is 51.2 Å². The van der Waals surface area contributed by atoms with Gasteiger partial charge in [-0.2, -0.15) is 0 Å². The van der Waals surface area contributed by atoms with Crippen molar-refractivity contribution in [2.45, 2.75) is 0 Å². The number of carbonyl (C=O) groups excluding carboxylic acids is 1. The summed E-state index contributed by atoms with van der Waals surface area (Å²) in [5, 5.41) is 2.43. The first-order valence-corrected chi connectivity index (χ1v) is 2.96. The minimum absolute atomic E-state index is 0.587. The number of nitrogens with zero attached hydrogens (tertiary/aromatic N) is 1. The molecule has 4 nitrogen and oxygen atoms in total. The summed E-state index contributed by atoms with van der Waals surface area (Å²) < 4.78 is 4.13. The largest absolute Gasteiger partial charge is 0.446 e. The van der Waals surface area contributed by atoms with Crippen molar-refractivity contribution in [2.75, 3.05) is 5.32 Å². The molecule has 1 radical (unpaired) electrons. The van der Waals surface area contributed by atoms with Gasteiger partial charge in [0.2, 0.25) is 0 Å². The van der Waals surface area contributed by atoms with Gasteiger partial charge in [0.25, 0.3) is 0 Å². The van der Waals surface area contributed by atoms with Crippen LogP contribution >= 0.6 is 0 Å². The Kier molecular flexibility index (Phi) is 2.43. The molecule has 11 heavy (non-hydrogen) atoms. The summed E-state index contributed by atoms with van der Waals surface area (Å²) in [4.78, 5) is 14.3. The molecule has 0 aromatic carbocycles. The lowest BCUT2D eigenvalue weighted by atomic mass is 10.4. The third-order valence-electron chi connectivity index (χ3n) is 1.06. The molecular weight excluding hydrogens is 144 g/mol. The highest BCUT2D eigenvalue weighted by Gasteiger charge is 1.97. The number of anilines is 1. The van der Waals surface area contributed by atoms with E-state index in [1.807, 2.05) is 0 Å². The van der Waals surface area contributed by atoms with Crippen molar-refractivity contribution in [3.63, 3.8) is 0 Å². The molecule has 57 valence electrons. The molecule has 0 unspecified atom stereocenters. The minimum Gasteiger partial charge on any atom is -0.446 e. The molecular formula is C7H7N2O2. The van der Waals surface area contributed by atoms with Crippen molar-refractivity contribution in [2.24, 2.45) is 0 Å². The Labute approximate surface area is 64.2 Å². The predicted octanol–water partition coefficient (Wildman–Crippen LogP) is 1.42. The van der Waals surface area contributed by atoms with Crippen LogP contribution in [0.1, 0.15) is 0 Å². The molecule has 0 saturated carbocycles. The van der Waals surface area contributed by atoms with E-state index in [1.165, 1.54) is 0 Å². The highest BCUT2D eigenvalue weighted by Crippen LogP contribution is 2.02. The van der Waals surface area contributed by atoms with E-state index in [0.717, 1.165) is 0 Å². The number of pyridine rings is 1. The standard InChI is InChI=1S/C7H7N2O2/c1-11-7(10)9-6-2-4-8-5-3-6/h2-5H,1H2,(H,8,9,10). The first-order valence-electron chi connectivity index (χ1n) is 2.96. The number of carbonyl (C=O) groups is 1. The molecule has 0 aliphatic carbocycles. The number of ether oxygens (including phenoxy) is 1. The van der Waals surface area contributed by atoms with Crippen molar-refractivity contribution in [3.8, 4) is 0 Å². The van der Waals surface area contributed by atoms with Crippen LogP contribution < -0.4 is 5.32 Å². The summed E-state index contributed by atoms with van der Waals surface area (Å²) >= 11 is 0. The van der Waals surface area contributed by atoms with Crippen molar-refractivity contribution in [3.05, 3.63) is 31.6 Å². The molecule has 1 rings (SSSR count). The molecule has 0 bridgehead atoms. The van der Waals surface area contributed by atoms with Gasteiger partial charge in [0, 0.05) is 18.1 Å². The number of amides is 1. The van der Waals surface area contributed by atoms with E-state index in [0.29, 0.717) is 5.69 Å². The number of hydrogen-bond donors (Lipinski definition) is 1. The SMILES string of the molecule is [CH2]OC(=O)Nc1ccncc1. The average molecular weight is 151 g/mol. The lowest BCUT2D eigenvalue weighted by Crippen LogP contribution is -2.09. The minimum atomic E-state index is -0.587. The fourth-order valence-corrected chi connectivity index (χ4v) is 0.589. The van der Waals surface area contributed by atoms with Crippen LogP contribution in [-0.4, -0.2) is 11.1 Å². The third kappa shape index (κ3) is 2.25. The van der Waals surface area contributed by atoms with E-state index in [1.54, 1.807) is 24.5 Å². The molecule has 0 atom stereocenters. The van der Waals surface area contributed by atoms with Gasteiger partial charge in [-0.1, -0.05) is 0 Å². The summed E-state index contributed by atoms with van der Waals surface area (Å²) in [6.07, 6.45) is 2.55. The molecule has 0 aliphatic rings. The molecule has 1 aromatic heterocycles. The number of rotatable bonds is 1. The Morgan fingerprint density at radius 2 is 2.18 bits per heavy atom. The second-order valence-corrected chi connectivity index (χ2v) is 1.79. The second kappa shape index (κ2) is 3.55. The van der Waals surface area contributed by atoms with Gasteiger partial charge in [-0.25, -0.2) is 4.79 Å². The van der Waals surface area contributed by atoms with E-state index < -0.39 is 6.09 Å². The quantitative estimate of drug-likeness (QED) is 0.660. The fraction of sp³-hybridized carbons (Fsp3) is 0. The van der Waals surface area contributed by atoms with E-state index in [4.69, 9.17) is 0 Å². The normalized spacial score (nSPS) is 8.82. The van der Waals surface area contributed by atoms with Crippen LogP contribution in [0.4, 0.5) is 10.5 Å². The zero-order valence-corrected chi connectivity index (χ0v) is 5.78. The maximum Gasteiger partial charge on any atom is 0.411 e. The van der Waals surface area contributed by atoms with E-state index in [9.17, 15) is 4.79 Å². The highest BCUT2D eigenvalue weighted by molar-refractivity contribution is 5.84.